The van der Waals surface area contributed by atoms with Crippen LogP contribution in [0.5, 0.6) is 5.75 Å². The predicted octanol–water partition coefficient (Wildman–Crippen LogP) is 5.31. The number of aliphatic hydroxyl groups is 1. The second-order valence-electron chi connectivity index (χ2n) is 14.2. The van der Waals surface area contributed by atoms with E-state index in [9.17, 15) is 29.5 Å². The first-order chi connectivity index (χ1) is 23.7. The number of benzene rings is 1. The Morgan fingerprint density at radius 3 is 2.48 bits per heavy atom. The Morgan fingerprint density at radius 2 is 1.84 bits per heavy atom. The van der Waals surface area contributed by atoms with E-state index < -0.39 is 70.1 Å². The number of carbonyl (C=O) groups excluding carboxylic acids is 3. The first-order valence-corrected chi connectivity index (χ1v) is 16.7. The highest BCUT2D eigenvalue weighted by molar-refractivity contribution is 5.89. The molecular weight excluding hydrogens is 644 g/mol. The van der Waals surface area contributed by atoms with Gasteiger partial charge in [-0.25, -0.2) is 9.59 Å². The van der Waals surface area contributed by atoms with Gasteiger partial charge in [0.1, 0.15) is 41.5 Å². The first kappa shape index (κ1) is 34.8. The summed E-state index contributed by atoms with van der Waals surface area (Å²) in [6, 6.07) is 13.0. The summed E-state index contributed by atoms with van der Waals surface area (Å²) in [6.07, 6.45) is 1.18. The van der Waals surface area contributed by atoms with Crippen LogP contribution in [0.1, 0.15) is 87.9 Å². The smallest absolute Gasteiger partial charge is 0.345 e. The minimum Gasteiger partial charge on any atom is -0.482 e. The van der Waals surface area contributed by atoms with Crippen molar-refractivity contribution < 1.29 is 42.9 Å². The average Bonchev–Trinajstić information content (AvgIpc) is 3.09. The van der Waals surface area contributed by atoms with E-state index in [1.54, 1.807) is 32.2 Å². The molecule has 3 aliphatic rings. The molecule has 0 amide bonds. The zero-order chi connectivity index (χ0) is 36.0. The summed E-state index contributed by atoms with van der Waals surface area (Å²) in [5.74, 6) is -2.63. The molecule has 2 fully saturated rings. The van der Waals surface area contributed by atoms with Gasteiger partial charge in [-0.15, -0.1) is 0 Å². The number of fused-ring (bicyclic) bond motifs is 4. The third-order valence-electron chi connectivity index (χ3n) is 11.2. The lowest BCUT2D eigenvalue weighted by Gasteiger charge is -2.66. The molecule has 6 rings (SSSR count). The van der Waals surface area contributed by atoms with Crippen LogP contribution in [0.4, 0.5) is 0 Å². The standard InChI is InChI=1S/C38H40N2O10/c1-6-30(42)46-20-37(4)27-17-29(49-34(44)23-11-9-22(18-39)10-12-23)38(5)33(36(27,3)14-13-28(37)47-21(2)41)32(43)31-26(50-38)16-25(48-35(31)45)24-8-7-15-40-19-24/h7-12,15-16,19,27-29,32-33,43H,6,13-14,17,20H2,1-5H3/t27-,28+,29+,32+,33-,36+,37+,38-/m1/s1. The number of ether oxygens (including phenoxy) is 4. The molecule has 2 saturated carbocycles. The Hall–Kier alpha value is -5.02. The number of nitrogens with zero attached hydrogens (tertiary/aromatic N) is 2. The van der Waals surface area contributed by atoms with E-state index in [-0.39, 0.29) is 42.1 Å². The van der Waals surface area contributed by atoms with E-state index in [1.165, 1.54) is 43.5 Å². The van der Waals surface area contributed by atoms with Gasteiger partial charge in [-0.2, -0.15) is 5.26 Å². The monoisotopic (exact) mass is 684 g/mol. The van der Waals surface area contributed by atoms with Crippen molar-refractivity contribution in [3.63, 3.8) is 0 Å². The van der Waals surface area contributed by atoms with Gasteiger partial charge in [-0.3, -0.25) is 14.6 Å². The van der Waals surface area contributed by atoms with E-state index >= 15 is 0 Å². The minimum atomic E-state index is -1.42. The summed E-state index contributed by atoms with van der Waals surface area (Å²) in [7, 11) is 0. The van der Waals surface area contributed by atoms with E-state index in [0.29, 0.717) is 24.0 Å². The molecule has 0 unspecified atom stereocenters. The largest absolute Gasteiger partial charge is 0.482 e. The van der Waals surface area contributed by atoms with Crippen molar-refractivity contribution in [1.29, 1.82) is 5.26 Å². The van der Waals surface area contributed by atoms with Crippen molar-refractivity contribution in [3.8, 4) is 23.1 Å². The molecule has 3 aromatic rings. The summed E-state index contributed by atoms with van der Waals surface area (Å²) in [5, 5.41) is 21.6. The fourth-order valence-electron chi connectivity index (χ4n) is 8.80. The van der Waals surface area contributed by atoms with Crippen molar-refractivity contribution in [1.82, 2.24) is 4.98 Å². The van der Waals surface area contributed by atoms with Crippen LogP contribution in [-0.4, -0.2) is 52.4 Å². The molecule has 0 radical (unpaired) electrons. The summed E-state index contributed by atoms with van der Waals surface area (Å²) in [4.78, 5) is 56.4. The molecule has 262 valence electrons. The van der Waals surface area contributed by atoms with Gasteiger partial charge in [-0.1, -0.05) is 20.8 Å². The molecule has 12 nitrogen and oxygen atoms in total. The van der Waals surface area contributed by atoms with Crippen molar-refractivity contribution in [2.75, 3.05) is 6.61 Å². The lowest BCUT2D eigenvalue weighted by Crippen LogP contribution is -2.71. The number of hydrogen-bond acceptors (Lipinski definition) is 12. The highest BCUT2D eigenvalue weighted by Crippen LogP contribution is 2.67. The Labute approximate surface area is 289 Å². The lowest BCUT2D eigenvalue weighted by atomic mass is 9.42. The highest BCUT2D eigenvalue weighted by Gasteiger charge is 2.71. The molecular formula is C38H40N2O10. The zero-order valence-corrected chi connectivity index (χ0v) is 28.6. The SMILES string of the molecule is CCC(=O)OC[C@@]1(C)[C@@H]2C[C@H](OC(=O)c3ccc(C#N)cc3)[C@@]3(C)Oc4cc(-c5cccnc5)oc(=O)c4[C@H](O)[C@@H]3[C@@]2(C)CC[C@@H]1OC(C)=O. The van der Waals surface area contributed by atoms with Crippen molar-refractivity contribution in [3.05, 3.63) is 82.0 Å². The Bertz CT molecular complexity index is 1900. The molecule has 2 aliphatic carbocycles. The molecule has 50 heavy (non-hydrogen) atoms. The second kappa shape index (κ2) is 13.0. The Kier molecular flexibility index (Phi) is 9.07. The number of aliphatic hydroxyl groups excluding tert-OH is 1. The number of hydrogen-bond donors (Lipinski definition) is 1. The maximum Gasteiger partial charge on any atom is 0.345 e. The van der Waals surface area contributed by atoms with Crippen LogP contribution in [0.25, 0.3) is 11.3 Å². The molecule has 1 aliphatic heterocycles. The normalized spacial score (nSPS) is 31.0. The van der Waals surface area contributed by atoms with Gasteiger partial charge in [0.15, 0.2) is 0 Å². The van der Waals surface area contributed by atoms with Crippen molar-refractivity contribution in [2.45, 2.75) is 84.2 Å². The van der Waals surface area contributed by atoms with Gasteiger partial charge < -0.3 is 28.5 Å². The maximum absolute atomic E-state index is 13.8. The second-order valence-corrected chi connectivity index (χ2v) is 14.2. The number of esters is 3. The fraction of sp³-hybridized carbons (Fsp3) is 0.474. The molecule has 2 aromatic heterocycles. The summed E-state index contributed by atoms with van der Waals surface area (Å²) < 4.78 is 30.4. The molecule has 1 aromatic carbocycles. The number of aromatic nitrogens is 1. The summed E-state index contributed by atoms with van der Waals surface area (Å²) >= 11 is 0. The number of pyridine rings is 1. The van der Waals surface area contributed by atoms with E-state index in [2.05, 4.69) is 4.98 Å². The van der Waals surface area contributed by atoms with Gasteiger partial charge in [0.25, 0.3) is 0 Å². The van der Waals surface area contributed by atoms with Gasteiger partial charge in [0.2, 0.25) is 0 Å². The first-order valence-electron chi connectivity index (χ1n) is 16.7. The maximum atomic E-state index is 13.8. The highest BCUT2D eigenvalue weighted by atomic mass is 16.6. The van der Waals surface area contributed by atoms with Gasteiger partial charge in [0, 0.05) is 48.7 Å². The number of carbonyl (C=O) groups is 3. The van der Waals surface area contributed by atoms with Crippen LogP contribution < -0.4 is 10.4 Å². The van der Waals surface area contributed by atoms with Crippen molar-refractivity contribution in [2.24, 2.45) is 22.7 Å². The third kappa shape index (κ3) is 5.83. The summed E-state index contributed by atoms with van der Waals surface area (Å²) in [5.41, 5.74) is -2.92. The van der Waals surface area contributed by atoms with Gasteiger partial charge in [0.05, 0.1) is 23.3 Å². The topological polar surface area (TPSA) is 175 Å². The molecule has 8 atom stereocenters. The number of nitriles is 1. The molecule has 12 heteroatoms. The van der Waals surface area contributed by atoms with Crippen LogP contribution in [0.15, 0.2) is 64.1 Å². The average molecular weight is 685 g/mol. The fourth-order valence-corrected chi connectivity index (χ4v) is 8.80. The Balaban J connectivity index is 1.50. The van der Waals surface area contributed by atoms with Gasteiger partial charge in [-0.05, 0) is 73.9 Å². The van der Waals surface area contributed by atoms with E-state index in [0.717, 1.165) is 0 Å². The molecule has 0 saturated heterocycles. The van der Waals surface area contributed by atoms with Crippen LogP contribution in [0.2, 0.25) is 0 Å². The molecule has 0 bridgehead atoms. The van der Waals surface area contributed by atoms with E-state index in [4.69, 9.17) is 23.4 Å². The van der Waals surface area contributed by atoms with Crippen LogP contribution >= 0.6 is 0 Å². The third-order valence-corrected chi connectivity index (χ3v) is 11.2. The zero-order valence-electron chi connectivity index (χ0n) is 28.6. The minimum absolute atomic E-state index is 0.0552. The molecule has 0 spiro atoms. The van der Waals surface area contributed by atoms with Crippen LogP contribution in [-0.2, 0) is 23.8 Å². The summed E-state index contributed by atoms with van der Waals surface area (Å²) in [6.45, 7) is 8.55. The molecule has 1 N–H and O–H groups in total. The predicted molar refractivity (Wildman–Crippen MR) is 176 cm³/mol. The van der Waals surface area contributed by atoms with Crippen molar-refractivity contribution >= 4 is 17.9 Å². The number of rotatable bonds is 7. The Morgan fingerprint density at radius 1 is 1.10 bits per heavy atom. The molecule has 3 heterocycles. The van der Waals surface area contributed by atoms with Gasteiger partial charge >= 0.3 is 23.5 Å². The van der Waals surface area contributed by atoms with Crippen LogP contribution in [0, 0.1) is 34.0 Å². The quantitative estimate of drug-likeness (QED) is 0.251. The lowest BCUT2D eigenvalue weighted by molar-refractivity contribution is -0.267. The van der Waals surface area contributed by atoms with Crippen LogP contribution in [0.3, 0.4) is 0 Å². The van der Waals surface area contributed by atoms with E-state index in [1.807, 2.05) is 19.9 Å².